The number of carbonyl (C=O) groups is 2. The molecule has 0 aromatic rings. The normalized spacial score (nSPS) is 48.9. The maximum absolute atomic E-state index is 12.2. The monoisotopic (exact) mass is 320 g/mol. The molecule has 3 saturated carbocycles. The van der Waals surface area contributed by atoms with Crippen molar-refractivity contribution < 1.29 is 19.1 Å². The van der Waals surface area contributed by atoms with E-state index in [4.69, 9.17) is 9.47 Å². The summed E-state index contributed by atoms with van der Waals surface area (Å²) in [6.07, 6.45) is 4.85. The predicted molar refractivity (Wildman–Crippen MR) is 84.3 cm³/mol. The highest BCUT2D eigenvalue weighted by Crippen LogP contribution is 2.59. The Morgan fingerprint density at radius 2 is 1.91 bits per heavy atom. The lowest BCUT2D eigenvalue weighted by Crippen LogP contribution is -2.50. The van der Waals surface area contributed by atoms with Crippen molar-refractivity contribution in [1.29, 1.82) is 0 Å². The Hall–Kier alpha value is -0.900. The van der Waals surface area contributed by atoms with Gasteiger partial charge in [-0.05, 0) is 42.9 Å². The van der Waals surface area contributed by atoms with E-state index in [1.54, 1.807) is 0 Å². The minimum absolute atomic E-state index is 0.0627. The molecule has 4 heteroatoms. The summed E-state index contributed by atoms with van der Waals surface area (Å²) in [5.74, 6) is 2.05. The van der Waals surface area contributed by atoms with E-state index in [1.165, 1.54) is 12.8 Å². The standard InChI is InChI=1S/C19H28O4/c1-9(2)11-5-4-10(3)8-14(11)22-19-16-12-6-7-13(20)15(12)17(16)18(21)23-19/h9-12,14-17,19H,4-8H2,1-3H3/t10-,11+,12-,14-,15-,16+,17-,19-/m1/s1. The van der Waals surface area contributed by atoms with Crippen LogP contribution in [0.1, 0.15) is 52.9 Å². The highest BCUT2D eigenvalue weighted by atomic mass is 16.7. The van der Waals surface area contributed by atoms with Crippen LogP contribution in [0.3, 0.4) is 0 Å². The van der Waals surface area contributed by atoms with E-state index in [9.17, 15) is 9.59 Å². The lowest BCUT2D eigenvalue weighted by molar-refractivity contribution is -0.206. The van der Waals surface area contributed by atoms with Gasteiger partial charge in [0, 0.05) is 18.3 Å². The van der Waals surface area contributed by atoms with E-state index in [0.717, 1.165) is 12.8 Å². The maximum Gasteiger partial charge on any atom is 0.312 e. The summed E-state index contributed by atoms with van der Waals surface area (Å²) in [5.41, 5.74) is 0. The van der Waals surface area contributed by atoms with Crippen LogP contribution in [0.5, 0.6) is 0 Å². The second-order valence-corrected chi connectivity index (χ2v) is 8.60. The van der Waals surface area contributed by atoms with Crippen molar-refractivity contribution in [3.05, 3.63) is 0 Å². The highest BCUT2D eigenvalue weighted by Gasteiger charge is 2.67. The van der Waals surface area contributed by atoms with Gasteiger partial charge in [-0.2, -0.15) is 0 Å². The average molecular weight is 320 g/mol. The molecular formula is C19H28O4. The molecular weight excluding hydrogens is 292 g/mol. The van der Waals surface area contributed by atoms with Gasteiger partial charge in [-0.1, -0.05) is 27.2 Å². The number of hydrogen-bond acceptors (Lipinski definition) is 4. The Bertz CT molecular complexity index is 513. The van der Waals surface area contributed by atoms with Crippen LogP contribution < -0.4 is 0 Å². The van der Waals surface area contributed by atoms with Crippen molar-refractivity contribution in [2.75, 3.05) is 0 Å². The molecule has 1 heterocycles. The molecule has 0 aromatic carbocycles. The second kappa shape index (κ2) is 5.58. The summed E-state index contributed by atoms with van der Waals surface area (Å²) in [5, 5.41) is 0. The largest absolute Gasteiger partial charge is 0.435 e. The zero-order valence-electron chi connectivity index (χ0n) is 14.4. The maximum atomic E-state index is 12.2. The van der Waals surface area contributed by atoms with Crippen LogP contribution in [-0.2, 0) is 19.1 Å². The first-order valence-corrected chi connectivity index (χ1v) is 9.36. The van der Waals surface area contributed by atoms with Crippen molar-refractivity contribution in [2.45, 2.75) is 65.3 Å². The summed E-state index contributed by atoms with van der Waals surface area (Å²) < 4.78 is 12.0. The first-order chi connectivity index (χ1) is 11.0. The number of carbonyl (C=O) groups excluding carboxylic acids is 2. The Labute approximate surface area is 138 Å². The number of fused-ring (bicyclic) bond motifs is 4. The van der Waals surface area contributed by atoms with Gasteiger partial charge in [0.05, 0.1) is 12.0 Å². The van der Waals surface area contributed by atoms with Gasteiger partial charge in [0.2, 0.25) is 6.29 Å². The SMILES string of the molecule is CC(C)[C@@H]1CC[C@@H](C)C[C@H]1O[C@@H]1OC(=O)[C@@H]2[C@H]3C(=O)CC[C@H]3[C@H]12. The van der Waals surface area contributed by atoms with Gasteiger partial charge >= 0.3 is 5.97 Å². The average Bonchev–Trinajstić information content (AvgIpc) is 2.87. The van der Waals surface area contributed by atoms with Crippen LogP contribution >= 0.6 is 0 Å². The Morgan fingerprint density at radius 1 is 1.13 bits per heavy atom. The lowest BCUT2D eigenvalue weighted by atomic mass is 9.58. The summed E-state index contributed by atoms with van der Waals surface area (Å²) in [6, 6.07) is 0. The van der Waals surface area contributed by atoms with Crippen molar-refractivity contribution >= 4 is 11.8 Å². The molecule has 128 valence electrons. The lowest BCUT2D eigenvalue weighted by Gasteiger charge is -2.44. The number of ketones is 1. The van der Waals surface area contributed by atoms with Gasteiger partial charge in [0.1, 0.15) is 5.78 Å². The van der Waals surface area contributed by atoms with Crippen molar-refractivity contribution in [3.8, 4) is 0 Å². The smallest absolute Gasteiger partial charge is 0.312 e. The summed E-state index contributed by atoms with van der Waals surface area (Å²) >= 11 is 0. The van der Waals surface area contributed by atoms with Crippen LogP contribution in [0, 0.1) is 41.4 Å². The van der Waals surface area contributed by atoms with E-state index in [0.29, 0.717) is 30.1 Å². The molecule has 0 radical (unpaired) electrons. The molecule has 8 atom stereocenters. The van der Waals surface area contributed by atoms with Crippen LogP contribution in [0.4, 0.5) is 0 Å². The third-order valence-electron chi connectivity index (χ3n) is 6.94. The van der Waals surface area contributed by atoms with E-state index in [2.05, 4.69) is 20.8 Å². The van der Waals surface area contributed by atoms with Crippen molar-refractivity contribution in [3.63, 3.8) is 0 Å². The van der Waals surface area contributed by atoms with Gasteiger partial charge in [0.15, 0.2) is 0 Å². The molecule has 4 rings (SSSR count). The molecule has 23 heavy (non-hydrogen) atoms. The second-order valence-electron chi connectivity index (χ2n) is 8.60. The van der Waals surface area contributed by atoms with Crippen LogP contribution in [0.25, 0.3) is 0 Å². The zero-order chi connectivity index (χ0) is 16.3. The Kier molecular flexibility index (Phi) is 3.79. The first kappa shape index (κ1) is 15.6. The van der Waals surface area contributed by atoms with Gasteiger partial charge < -0.3 is 9.47 Å². The molecule has 0 bridgehead atoms. The number of hydrogen-bond donors (Lipinski definition) is 0. The number of esters is 1. The molecule has 4 fully saturated rings. The molecule has 0 N–H and O–H groups in total. The predicted octanol–water partition coefficient (Wildman–Crippen LogP) is 3.19. The molecule has 0 aromatic heterocycles. The van der Waals surface area contributed by atoms with Crippen LogP contribution in [0.2, 0.25) is 0 Å². The third-order valence-corrected chi connectivity index (χ3v) is 6.94. The van der Waals surface area contributed by atoms with Crippen LogP contribution in [-0.4, -0.2) is 24.1 Å². The Morgan fingerprint density at radius 3 is 2.65 bits per heavy atom. The number of Topliss-reactive ketones (excluding diaryl/α,β-unsaturated/α-hetero) is 1. The van der Waals surface area contributed by atoms with Gasteiger partial charge in [0.25, 0.3) is 0 Å². The summed E-state index contributed by atoms with van der Waals surface area (Å²) in [6.45, 7) is 6.80. The molecule has 1 aliphatic heterocycles. The molecule has 4 nitrogen and oxygen atoms in total. The van der Waals surface area contributed by atoms with Gasteiger partial charge in [-0.3, -0.25) is 9.59 Å². The molecule has 3 aliphatic carbocycles. The molecule has 0 unspecified atom stereocenters. The van der Waals surface area contributed by atoms with E-state index in [-0.39, 0.29) is 35.6 Å². The fourth-order valence-corrected chi connectivity index (χ4v) is 5.66. The minimum atomic E-state index is -0.406. The number of rotatable bonds is 3. The fourth-order valence-electron chi connectivity index (χ4n) is 5.66. The van der Waals surface area contributed by atoms with Crippen molar-refractivity contribution in [1.82, 2.24) is 0 Å². The van der Waals surface area contributed by atoms with Gasteiger partial charge in [-0.25, -0.2) is 0 Å². The zero-order valence-corrected chi connectivity index (χ0v) is 14.4. The molecule has 4 aliphatic rings. The van der Waals surface area contributed by atoms with E-state index < -0.39 is 6.29 Å². The number of ether oxygens (including phenoxy) is 2. The topological polar surface area (TPSA) is 52.6 Å². The Balaban J connectivity index is 1.48. The number of cyclic esters (lactones) is 1. The quantitative estimate of drug-likeness (QED) is 0.749. The van der Waals surface area contributed by atoms with Crippen LogP contribution in [0.15, 0.2) is 0 Å². The van der Waals surface area contributed by atoms with Gasteiger partial charge in [-0.15, -0.1) is 0 Å². The minimum Gasteiger partial charge on any atom is -0.435 e. The molecule has 1 saturated heterocycles. The summed E-state index contributed by atoms with van der Waals surface area (Å²) in [4.78, 5) is 24.2. The molecule has 0 spiro atoms. The van der Waals surface area contributed by atoms with E-state index in [1.807, 2.05) is 0 Å². The first-order valence-electron chi connectivity index (χ1n) is 9.36. The third kappa shape index (κ3) is 2.36. The highest BCUT2D eigenvalue weighted by molar-refractivity contribution is 5.92. The van der Waals surface area contributed by atoms with Crippen molar-refractivity contribution in [2.24, 2.45) is 41.4 Å². The summed E-state index contributed by atoms with van der Waals surface area (Å²) in [7, 11) is 0. The van der Waals surface area contributed by atoms with E-state index >= 15 is 0 Å². The fraction of sp³-hybridized carbons (Fsp3) is 0.895. The molecule has 0 amide bonds.